The highest BCUT2D eigenvalue weighted by molar-refractivity contribution is 5.41. The van der Waals surface area contributed by atoms with Crippen LogP contribution in [0.15, 0.2) is 24.3 Å². The van der Waals surface area contributed by atoms with Crippen LogP contribution in [0.25, 0.3) is 0 Å². The molecule has 0 bridgehead atoms. The maximum Gasteiger partial charge on any atom is 0.119 e. The smallest absolute Gasteiger partial charge is 0.119 e. The van der Waals surface area contributed by atoms with E-state index < -0.39 is 6.10 Å². The molecule has 0 amide bonds. The van der Waals surface area contributed by atoms with Gasteiger partial charge in [-0.3, -0.25) is 0 Å². The van der Waals surface area contributed by atoms with Crippen molar-refractivity contribution in [2.24, 2.45) is 0 Å². The van der Waals surface area contributed by atoms with Crippen LogP contribution < -0.4 is 10.5 Å². The summed E-state index contributed by atoms with van der Waals surface area (Å²) in [5.74, 6) is 0.694. The second-order valence-corrected chi connectivity index (χ2v) is 3.19. The van der Waals surface area contributed by atoms with Gasteiger partial charge in [0.25, 0.3) is 0 Å². The van der Waals surface area contributed by atoms with Crippen LogP contribution in [-0.4, -0.2) is 31.0 Å². The molecule has 3 N–H and O–H groups in total. The zero-order chi connectivity index (χ0) is 11.1. The summed E-state index contributed by atoms with van der Waals surface area (Å²) >= 11 is 0. The average Bonchev–Trinajstić information content (AvgIpc) is 2.25. The molecule has 4 nitrogen and oxygen atoms in total. The van der Waals surface area contributed by atoms with Crippen molar-refractivity contribution in [3.63, 3.8) is 0 Å². The molecule has 0 heterocycles. The van der Waals surface area contributed by atoms with Crippen LogP contribution >= 0.6 is 0 Å². The fraction of sp³-hybridized carbons (Fsp3) is 0.455. The largest absolute Gasteiger partial charge is 0.491 e. The molecule has 0 saturated heterocycles. The summed E-state index contributed by atoms with van der Waals surface area (Å²) in [6.07, 6.45) is -0.595. The molecular weight excluding hydrogens is 194 g/mol. The Morgan fingerprint density at radius 2 is 1.93 bits per heavy atom. The predicted octanol–water partition coefficient (Wildman–Crippen LogP) is 1.05. The molecule has 1 aromatic rings. The van der Waals surface area contributed by atoms with Crippen LogP contribution in [0.5, 0.6) is 5.75 Å². The summed E-state index contributed by atoms with van der Waals surface area (Å²) in [7, 11) is 0. The number of nitrogen functional groups attached to an aromatic ring is 1. The third-order valence-corrected chi connectivity index (χ3v) is 1.84. The molecule has 1 rings (SSSR count). The Bertz CT molecular complexity index is 274. The second-order valence-electron chi connectivity index (χ2n) is 3.19. The molecule has 0 aromatic heterocycles. The van der Waals surface area contributed by atoms with Gasteiger partial charge in [-0.2, -0.15) is 0 Å². The average molecular weight is 211 g/mol. The first kappa shape index (κ1) is 11.8. The van der Waals surface area contributed by atoms with Crippen LogP contribution in [0.1, 0.15) is 6.92 Å². The van der Waals surface area contributed by atoms with Gasteiger partial charge in [0.05, 0.1) is 6.61 Å². The lowest BCUT2D eigenvalue weighted by Gasteiger charge is -2.12. The first-order valence-electron chi connectivity index (χ1n) is 4.96. The molecule has 0 saturated carbocycles. The Morgan fingerprint density at radius 3 is 2.53 bits per heavy atom. The number of aliphatic hydroxyl groups is 1. The van der Waals surface area contributed by atoms with E-state index in [1.54, 1.807) is 24.3 Å². The number of ether oxygens (including phenoxy) is 2. The van der Waals surface area contributed by atoms with Crippen LogP contribution in [0.4, 0.5) is 5.69 Å². The van der Waals surface area contributed by atoms with Gasteiger partial charge in [-0.25, -0.2) is 0 Å². The Balaban J connectivity index is 2.27. The van der Waals surface area contributed by atoms with E-state index in [1.165, 1.54) is 0 Å². The lowest BCUT2D eigenvalue weighted by molar-refractivity contribution is 0.0164. The number of benzene rings is 1. The number of hydrogen-bond acceptors (Lipinski definition) is 4. The van der Waals surface area contributed by atoms with Crippen LogP contribution in [-0.2, 0) is 4.74 Å². The van der Waals surface area contributed by atoms with E-state index in [9.17, 15) is 5.11 Å². The van der Waals surface area contributed by atoms with E-state index in [0.717, 1.165) is 0 Å². The highest BCUT2D eigenvalue weighted by Gasteiger charge is 2.04. The SMILES string of the molecule is CCOCC(O)COc1ccc(N)cc1. The molecule has 0 aliphatic rings. The molecule has 1 unspecified atom stereocenters. The Morgan fingerprint density at radius 1 is 1.27 bits per heavy atom. The van der Waals surface area contributed by atoms with E-state index in [-0.39, 0.29) is 6.61 Å². The van der Waals surface area contributed by atoms with E-state index in [1.807, 2.05) is 6.92 Å². The molecule has 0 radical (unpaired) electrons. The molecule has 4 heteroatoms. The Hall–Kier alpha value is -1.26. The lowest BCUT2D eigenvalue weighted by atomic mass is 10.3. The van der Waals surface area contributed by atoms with Gasteiger partial charge in [-0.1, -0.05) is 0 Å². The van der Waals surface area contributed by atoms with Crippen molar-refractivity contribution < 1.29 is 14.6 Å². The van der Waals surface area contributed by atoms with Gasteiger partial charge in [0, 0.05) is 12.3 Å². The number of rotatable bonds is 6. The second kappa shape index (κ2) is 6.27. The minimum absolute atomic E-state index is 0.226. The third kappa shape index (κ3) is 4.67. The molecule has 1 aromatic carbocycles. The molecule has 0 fully saturated rings. The van der Waals surface area contributed by atoms with Crippen molar-refractivity contribution in [3.8, 4) is 5.75 Å². The number of aliphatic hydroxyl groups excluding tert-OH is 1. The lowest BCUT2D eigenvalue weighted by Crippen LogP contribution is -2.23. The van der Waals surface area contributed by atoms with Crippen molar-refractivity contribution in [2.45, 2.75) is 13.0 Å². The summed E-state index contributed by atoms with van der Waals surface area (Å²) in [6.45, 7) is 3.00. The van der Waals surface area contributed by atoms with E-state index in [2.05, 4.69) is 0 Å². The quantitative estimate of drug-likeness (QED) is 0.690. The third-order valence-electron chi connectivity index (χ3n) is 1.84. The van der Waals surface area contributed by atoms with Gasteiger partial charge in [-0.05, 0) is 31.2 Å². The minimum atomic E-state index is -0.595. The van der Waals surface area contributed by atoms with E-state index in [0.29, 0.717) is 24.7 Å². The summed E-state index contributed by atoms with van der Waals surface area (Å²) in [6, 6.07) is 7.04. The van der Waals surface area contributed by atoms with Crippen molar-refractivity contribution in [1.82, 2.24) is 0 Å². The zero-order valence-electron chi connectivity index (χ0n) is 8.85. The summed E-state index contributed by atoms with van der Waals surface area (Å²) in [5.41, 5.74) is 6.22. The van der Waals surface area contributed by atoms with Gasteiger partial charge < -0.3 is 20.3 Å². The molecule has 84 valence electrons. The molecular formula is C11H17NO3. The zero-order valence-corrected chi connectivity index (χ0v) is 8.85. The molecule has 0 aliphatic heterocycles. The monoisotopic (exact) mass is 211 g/mol. The van der Waals surface area contributed by atoms with Gasteiger partial charge in [0.1, 0.15) is 18.5 Å². The maximum absolute atomic E-state index is 9.42. The van der Waals surface area contributed by atoms with Crippen LogP contribution in [0.3, 0.4) is 0 Å². The van der Waals surface area contributed by atoms with E-state index in [4.69, 9.17) is 15.2 Å². The number of nitrogens with two attached hydrogens (primary N) is 1. The highest BCUT2D eigenvalue weighted by atomic mass is 16.5. The highest BCUT2D eigenvalue weighted by Crippen LogP contribution is 2.13. The molecule has 15 heavy (non-hydrogen) atoms. The topological polar surface area (TPSA) is 64.7 Å². The Kier molecular flexibility index (Phi) is 4.93. The van der Waals surface area contributed by atoms with Gasteiger partial charge in [0.15, 0.2) is 0 Å². The molecule has 0 aliphatic carbocycles. The standard InChI is InChI=1S/C11H17NO3/c1-2-14-7-10(13)8-15-11-5-3-9(12)4-6-11/h3-6,10,13H,2,7-8,12H2,1H3. The number of hydrogen-bond donors (Lipinski definition) is 2. The minimum Gasteiger partial charge on any atom is -0.491 e. The Labute approximate surface area is 89.6 Å². The van der Waals surface area contributed by atoms with Crippen molar-refractivity contribution in [3.05, 3.63) is 24.3 Å². The maximum atomic E-state index is 9.42. The van der Waals surface area contributed by atoms with Crippen molar-refractivity contribution >= 4 is 5.69 Å². The fourth-order valence-corrected chi connectivity index (χ4v) is 1.06. The summed E-state index contributed by atoms with van der Waals surface area (Å²) < 4.78 is 10.4. The number of anilines is 1. The molecule has 0 spiro atoms. The van der Waals surface area contributed by atoms with Gasteiger partial charge in [0.2, 0.25) is 0 Å². The van der Waals surface area contributed by atoms with Gasteiger partial charge in [-0.15, -0.1) is 0 Å². The fourth-order valence-electron chi connectivity index (χ4n) is 1.06. The summed E-state index contributed by atoms with van der Waals surface area (Å²) in [5, 5.41) is 9.42. The summed E-state index contributed by atoms with van der Waals surface area (Å²) in [4.78, 5) is 0. The predicted molar refractivity (Wildman–Crippen MR) is 58.8 cm³/mol. The van der Waals surface area contributed by atoms with Crippen LogP contribution in [0.2, 0.25) is 0 Å². The van der Waals surface area contributed by atoms with E-state index >= 15 is 0 Å². The van der Waals surface area contributed by atoms with Crippen LogP contribution in [0, 0.1) is 0 Å². The van der Waals surface area contributed by atoms with Crippen molar-refractivity contribution in [1.29, 1.82) is 0 Å². The normalized spacial score (nSPS) is 12.4. The first-order chi connectivity index (χ1) is 7.22. The van der Waals surface area contributed by atoms with Crippen molar-refractivity contribution in [2.75, 3.05) is 25.6 Å². The van der Waals surface area contributed by atoms with Gasteiger partial charge >= 0.3 is 0 Å². The first-order valence-corrected chi connectivity index (χ1v) is 4.96. The molecule has 1 atom stereocenters.